The highest BCUT2D eigenvalue weighted by atomic mass is 16.3. The fourth-order valence-corrected chi connectivity index (χ4v) is 3.70. The molecule has 21 heavy (non-hydrogen) atoms. The summed E-state index contributed by atoms with van der Waals surface area (Å²) < 4.78 is 0. The molecule has 1 fully saturated rings. The van der Waals surface area contributed by atoms with Crippen molar-refractivity contribution in [3.05, 3.63) is 34.4 Å². The van der Waals surface area contributed by atoms with E-state index >= 15 is 0 Å². The van der Waals surface area contributed by atoms with E-state index in [-0.39, 0.29) is 11.5 Å². The summed E-state index contributed by atoms with van der Waals surface area (Å²) in [5.41, 5.74) is 5.62. The number of rotatable bonds is 4. The fourth-order valence-electron chi connectivity index (χ4n) is 3.70. The van der Waals surface area contributed by atoms with Crippen LogP contribution in [0.4, 0.5) is 0 Å². The fraction of sp³-hybridized carbons (Fsp3) is 0.700. The zero-order chi connectivity index (χ0) is 15.6. The van der Waals surface area contributed by atoms with Crippen molar-refractivity contribution in [2.75, 3.05) is 0 Å². The monoisotopic (exact) mass is 288 g/mol. The standard InChI is InChI=1S/C20H32O/c1-14-10-17(20(3,4)5)11-15(2)19(14)13-18(21)12-16-8-6-7-9-16/h10-11,16,18,21H,6-9,12-13H2,1-5H3. The number of aliphatic hydroxyl groups excluding tert-OH is 1. The van der Waals surface area contributed by atoms with Crippen LogP contribution in [0.5, 0.6) is 0 Å². The summed E-state index contributed by atoms with van der Waals surface area (Å²) in [7, 11) is 0. The van der Waals surface area contributed by atoms with E-state index in [9.17, 15) is 5.11 Å². The van der Waals surface area contributed by atoms with Gasteiger partial charge in [0, 0.05) is 0 Å². The molecule has 1 heteroatoms. The molecule has 1 nitrogen and oxygen atoms in total. The number of aliphatic hydroxyl groups is 1. The summed E-state index contributed by atoms with van der Waals surface area (Å²) in [5.74, 6) is 0.759. The lowest BCUT2D eigenvalue weighted by Crippen LogP contribution is -2.17. The van der Waals surface area contributed by atoms with Gasteiger partial charge in [-0.3, -0.25) is 0 Å². The van der Waals surface area contributed by atoms with Gasteiger partial charge < -0.3 is 5.11 Å². The molecular formula is C20H32O. The average molecular weight is 288 g/mol. The van der Waals surface area contributed by atoms with Gasteiger partial charge in [0.1, 0.15) is 0 Å². The third-order valence-corrected chi connectivity index (χ3v) is 5.08. The number of hydrogen-bond acceptors (Lipinski definition) is 1. The molecule has 0 heterocycles. The van der Waals surface area contributed by atoms with E-state index in [2.05, 4.69) is 46.8 Å². The Hall–Kier alpha value is -0.820. The molecule has 0 amide bonds. The zero-order valence-electron chi connectivity index (χ0n) is 14.5. The molecule has 1 saturated carbocycles. The number of hydrogen-bond donors (Lipinski definition) is 1. The van der Waals surface area contributed by atoms with Crippen LogP contribution in [0.2, 0.25) is 0 Å². The maximum Gasteiger partial charge on any atom is 0.0583 e. The van der Waals surface area contributed by atoms with E-state index in [1.54, 1.807) is 0 Å². The molecule has 0 aliphatic heterocycles. The second-order valence-electron chi connectivity index (χ2n) is 8.08. The van der Waals surface area contributed by atoms with Crippen LogP contribution in [-0.4, -0.2) is 11.2 Å². The summed E-state index contributed by atoms with van der Waals surface area (Å²) in [5, 5.41) is 10.4. The minimum atomic E-state index is -0.175. The number of aryl methyl sites for hydroxylation is 2. The van der Waals surface area contributed by atoms with E-state index in [1.807, 2.05) is 0 Å². The Morgan fingerprint density at radius 1 is 1.10 bits per heavy atom. The largest absolute Gasteiger partial charge is 0.393 e. The highest BCUT2D eigenvalue weighted by Crippen LogP contribution is 2.31. The van der Waals surface area contributed by atoms with Gasteiger partial charge in [0.25, 0.3) is 0 Å². The molecule has 0 bridgehead atoms. The van der Waals surface area contributed by atoms with Gasteiger partial charge in [0.05, 0.1) is 6.10 Å². The van der Waals surface area contributed by atoms with Gasteiger partial charge in [-0.25, -0.2) is 0 Å². The summed E-state index contributed by atoms with van der Waals surface area (Å²) in [6, 6.07) is 4.62. The zero-order valence-corrected chi connectivity index (χ0v) is 14.5. The van der Waals surface area contributed by atoms with Crippen LogP contribution >= 0.6 is 0 Å². The van der Waals surface area contributed by atoms with E-state index < -0.39 is 0 Å². The van der Waals surface area contributed by atoms with Crippen LogP contribution in [-0.2, 0) is 11.8 Å². The first-order chi connectivity index (χ1) is 9.77. The highest BCUT2D eigenvalue weighted by Gasteiger charge is 2.21. The lowest BCUT2D eigenvalue weighted by Gasteiger charge is -2.23. The summed E-state index contributed by atoms with van der Waals surface area (Å²) >= 11 is 0. The van der Waals surface area contributed by atoms with Crippen molar-refractivity contribution in [3.8, 4) is 0 Å². The van der Waals surface area contributed by atoms with Crippen molar-refractivity contribution in [2.24, 2.45) is 5.92 Å². The van der Waals surface area contributed by atoms with Crippen molar-refractivity contribution in [3.63, 3.8) is 0 Å². The Kier molecular flexibility index (Phi) is 5.14. The minimum Gasteiger partial charge on any atom is -0.393 e. The molecular weight excluding hydrogens is 256 g/mol. The Balaban J connectivity index is 2.09. The predicted octanol–water partition coefficient (Wildman–Crippen LogP) is 5.08. The van der Waals surface area contributed by atoms with Crippen molar-refractivity contribution in [1.29, 1.82) is 0 Å². The summed E-state index contributed by atoms with van der Waals surface area (Å²) in [6.07, 6.45) is 6.98. The summed E-state index contributed by atoms with van der Waals surface area (Å²) in [6.45, 7) is 11.2. The molecule has 1 aromatic rings. The third-order valence-electron chi connectivity index (χ3n) is 5.08. The second-order valence-corrected chi connectivity index (χ2v) is 8.08. The average Bonchev–Trinajstić information content (AvgIpc) is 2.85. The van der Waals surface area contributed by atoms with Gasteiger partial charge in [-0.1, -0.05) is 58.6 Å². The van der Waals surface area contributed by atoms with Crippen molar-refractivity contribution in [1.82, 2.24) is 0 Å². The first-order valence-electron chi connectivity index (χ1n) is 8.56. The summed E-state index contributed by atoms with van der Waals surface area (Å²) in [4.78, 5) is 0. The quantitative estimate of drug-likeness (QED) is 0.818. The van der Waals surface area contributed by atoms with E-state index in [0.717, 1.165) is 18.8 Å². The molecule has 0 aromatic heterocycles. The SMILES string of the molecule is Cc1cc(C(C)(C)C)cc(C)c1CC(O)CC1CCCC1. The second kappa shape index (κ2) is 6.52. The molecule has 118 valence electrons. The van der Waals surface area contributed by atoms with Crippen LogP contribution in [0.3, 0.4) is 0 Å². The van der Waals surface area contributed by atoms with Crippen LogP contribution in [0.15, 0.2) is 12.1 Å². The molecule has 1 N–H and O–H groups in total. The van der Waals surface area contributed by atoms with Crippen molar-refractivity contribution in [2.45, 2.75) is 84.7 Å². The highest BCUT2D eigenvalue weighted by molar-refractivity contribution is 5.40. The van der Waals surface area contributed by atoms with Crippen molar-refractivity contribution >= 4 is 0 Å². The molecule has 2 rings (SSSR count). The van der Waals surface area contributed by atoms with Gasteiger partial charge in [0.2, 0.25) is 0 Å². The minimum absolute atomic E-state index is 0.175. The Bertz CT molecular complexity index is 452. The van der Waals surface area contributed by atoms with Gasteiger partial charge in [-0.15, -0.1) is 0 Å². The van der Waals surface area contributed by atoms with E-state index in [0.29, 0.717) is 0 Å². The Labute approximate surface area is 130 Å². The maximum absolute atomic E-state index is 10.4. The molecule has 1 aromatic carbocycles. The van der Waals surface area contributed by atoms with Crippen LogP contribution in [0.25, 0.3) is 0 Å². The number of benzene rings is 1. The van der Waals surface area contributed by atoms with Gasteiger partial charge >= 0.3 is 0 Å². The van der Waals surface area contributed by atoms with Crippen molar-refractivity contribution < 1.29 is 5.11 Å². The molecule has 1 atom stereocenters. The molecule has 0 saturated heterocycles. The Morgan fingerprint density at radius 2 is 1.62 bits per heavy atom. The molecule has 1 aliphatic rings. The third kappa shape index (κ3) is 4.32. The van der Waals surface area contributed by atoms with E-state index in [1.165, 1.54) is 47.9 Å². The lowest BCUT2D eigenvalue weighted by molar-refractivity contribution is 0.143. The van der Waals surface area contributed by atoms with Gasteiger partial charge in [0.15, 0.2) is 0 Å². The molecule has 1 unspecified atom stereocenters. The molecule has 0 radical (unpaired) electrons. The van der Waals surface area contributed by atoms with Crippen LogP contribution in [0.1, 0.15) is 75.1 Å². The maximum atomic E-state index is 10.4. The lowest BCUT2D eigenvalue weighted by atomic mass is 9.82. The first-order valence-corrected chi connectivity index (χ1v) is 8.56. The van der Waals surface area contributed by atoms with Crippen LogP contribution in [0, 0.1) is 19.8 Å². The van der Waals surface area contributed by atoms with E-state index in [4.69, 9.17) is 0 Å². The van der Waals surface area contributed by atoms with Crippen LogP contribution < -0.4 is 0 Å². The molecule has 1 aliphatic carbocycles. The topological polar surface area (TPSA) is 20.2 Å². The normalized spacial score (nSPS) is 18.2. The molecule has 0 spiro atoms. The smallest absolute Gasteiger partial charge is 0.0583 e. The van der Waals surface area contributed by atoms with Gasteiger partial charge in [-0.05, 0) is 60.3 Å². The first kappa shape index (κ1) is 16.5. The van der Waals surface area contributed by atoms with Gasteiger partial charge in [-0.2, -0.15) is 0 Å². The Morgan fingerprint density at radius 3 is 2.10 bits per heavy atom. The predicted molar refractivity (Wildman–Crippen MR) is 90.9 cm³/mol.